The number of thioether (sulfide) groups is 3. The van der Waals surface area contributed by atoms with Gasteiger partial charge in [-0.3, -0.25) is 0 Å². The van der Waals surface area contributed by atoms with Crippen molar-refractivity contribution in [2.75, 3.05) is 34.5 Å². The third-order valence-electron chi connectivity index (χ3n) is 5.73. The summed E-state index contributed by atoms with van der Waals surface area (Å²) in [6.45, 7) is 8.54. The van der Waals surface area contributed by atoms with E-state index < -0.39 is 37.5 Å². The van der Waals surface area contributed by atoms with E-state index in [1.165, 1.54) is 73.8 Å². The van der Waals surface area contributed by atoms with Gasteiger partial charge in [-0.1, -0.05) is 0 Å². The molecule has 0 heterocycles. The van der Waals surface area contributed by atoms with Gasteiger partial charge < -0.3 is 0 Å². The number of unbranched alkanes of at least 4 members (excludes halogenated alkanes) is 10. The van der Waals surface area contributed by atoms with Crippen LogP contribution in [0.3, 0.4) is 0 Å². The quantitative estimate of drug-likeness (QED) is 0.0621. The van der Waals surface area contributed by atoms with Crippen LogP contribution in [0.2, 0.25) is 4.44 Å². The molecule has 10 heteroatoms. The Morgan fingerprint density at radius 2 is 0.789 bits per heavy atom. The zero-order valence-corrected chi connectivity index (χ0v) is 29.8. The van der Waals surface area contributed by atoms with Gasteiger partial charge in [-0.2, -0.15) is 0 Å². The molecule has 0 aromatic carbocycles. The van der Waals surface area contributed by atoms with Crippen molar-refractivity contribution in [2.45, 2.75) is 122 Å². The molecule has 0 aliphatic heterocycles. The van der Waals surface area contributed by atoms with Crippen LogP contribution in [0.4, 0.5) is 0 Å². The minimum atomic E-state index is -4.78. The summed E-state index contributed by atoms with van der Waals surface area (Å²) in [5, 5.41) is 0. The SMILES string of the molecule is CCCCCCSCC(=O)[O][Sn]([CH2]CCC)([O]C(=O)CSCCCCCC)[O]C(=O)CSCCCCCC. The molecule has 224 valence electrons. The van der Waals surface area contributed by atoms with Crippen molar-refractivity contribution in [3.05, 3.63) is 0 Å². The van der Waals surface area contributed by atoms with Crippen LogP contribution in [0.1, 0.15) is 118 Å². The number of rotatable bonds is 27. The van der Waals surface area contributed by atoms with Crippen molar-refractivity contribution in [1.82, 2.24) is 0 Å². The van der Waals surface area contributed by atoms with Crippen LogP contribution in [0.5, 0.6) is 0 Å². The number of hydrogen-bond acceptors (Lipinski definition) is 9. The van der Waals surface area contributed by atoms with Crippen molar-refractivity contribution in [1.29, 1.82) is 0 Å². The molecule has 0 fully saturated rings. The van der Waals surface area contributed by atoms with Crippen LogP contribution >= 0.6 is 35.3 Å². The Morgan fingerprint density at radius 3 is 1.08 bits per heavy atom. The summed E-state index contributed by atoms with van der Waals surface area (Å²) in [5.74, 6) is 1.91. The maximum atomic E-state index is 12.8. The van der Waals surface area contributed by atoms with Crippen molar-refractivity contribution in [3.8, 4) is 0 Å². The van der Waals surface area contributed by atoms with Crippen LogP contribution in [0, 0.1) is 0 Å². The van der Waals surface area contributed by atoms with Crippen LogP contribution < -0.4 is 0 Å². The van der Waals surface area contributed by atoms with Gasteiger partial charge in [0.05, 0.1) is 0 Å². The van der Waals surface area contributed by atoms with Crippen molar-refractivity contribution < 1.29 is 23.6 Å². The average Bonchev–Trinajstić information content (AvgIpc) is 2.89. The van der Waals surface area contributed by atoms with Gasteiger partial charge in [-0.05, 0) is 0 Å². The molecule has 6 nitrogen and oxygen atoms in total. The summed E-state index contributed by atoms with van der Waals surface area (Å²) in [4.78, 5) is 38.4. The van der Waals surface area contributed by atoms with E-state index in [0.29, 0.717) is 10.9 Å². The average molecular weight is 702 g/mol. The predicted octanol–water partition coefficient (Wildman–Crippen LogP) is 8.30. The fourth-order valence-corrected chi connectivity index (χ4v) is 13.9. The Bertz CT molecular complexity index is 535. The van der Waals surface area contributed by atoms with Crippen LogP contribution in [-0.2, 0) is 23.6 Å². The first-order chi connectivity index (χ1) is 18.4. The first kappa shape index (κ1) is 38.3. The Balaban J connectivity index is 5.11. The molecule has 0 saturated carbocycles. The summed E-state index contributed by atoms with van der Waals surface area (Å²) in [7, 11) is 0. The molecule has 0 saturated heterocycles. The molecule has 0 rings (SSSR count). The topological polar surface area (TPSA) is 78.9 Å². The number of hydrogen-bond donors (Lipinski definition) is 0. The van der Waals surface area contributed by atoms with E-state index in [-0.39, 0.29) is 17.3 Å². The molecule has 0 aliphatic carbocycles. The summed E-state index contributed by atoms with van der Waals surface area (Å²) in [6.07, 6.45) is 15.3. The van der Waals surface area contributed by atoms with E-state index in [9.17, 15) is 14.4 Å². The molecule has 0 aromatic rings. The molecule has 0 atom stereocenters. The van der Waals surface area contributed by atoms with Gasteiger partial charge in [0.15, 0.2) is 0 Å². The maximum absolute atomic E-state index is 12.8. The standard InChI is InChI=1S/3C8H16O2S.C4H9.Sn/c3*1-2-3-4-5-6-11-7-8(9)10;1-3-4-2;/h3*2-7H2,1H3,(H,9,10);1,3-4H2,2H3;/q;;;;+3/p-3. The number of carbonyl (C=O) groups excluding carboxylic acids is 3. The third kappa shape index (κ3) is 23.0. The molecule has 0 aromatic heterocycles. The van der Waals surface area contributed by atoms with Gasteiger partial charge >= 0.3 is 253 Å². The van der Waals surface area contributed by atoms with E-state index in [4.69, 9.17) is 9.22 Å². The zero-order valence-electron chi connectivity index (χ0n) is 24.5. The van der Waals surface area contributed by atoms with E-state index in [0.717, 1.165) is 62.2 Å². The number of carbonyl (C=O) groups is 3. The minimum absolute atomic E-state index is 0.185. The molecule has 0 aliphatic rings. The van der Waals surface area contributed by atoms with Crippen LogP contribution in [0.25, 0.3) is 0 Å². The van der Waals surface area contributed by atoms with Crippen LogP contribution in [0.15, 0.2) is 0 Å². The third-order valence-corrected chi connectivity index (χ3v) is 16.2. The first-order valence-electron chi connectivity index (χ1n) is 14.8. The van der Waals surface area contributed by atoms with Crippen molar-refractivity contribution >= 4 is 72.8 Å². The van der Waals surface area contributed by atoms with E-state index in [1.54, 1.807) is 0 Å². The predicted molar refractivity (Wildman–Crippen MR) is 168 cm³/mol. The molecular formula is C28H54O6S3Sn. The molecule has 0 bridgehead atoms. The summed E-state index contributed by atoms with van der Waals surface area (Å²) in [6, 6.07) is 0. The van der Waals surface area contributed by atoms with Gasteiger partial charge in [0, 0.05) is 0 Å². The Hall–Kier alpha value is 0.259. The zero-order chi connectivity index (χ0) is 28.3. The first-order valence-corrected chi connectivity index (χ1v) is 23.8. The Morgan fingerprint density at radius 1 is 0.474 bits per heavy atom. The molecule has 0 spiro atoms. The van der Waals surface area contributed by atoms with Crippen molar-refractivity contribution in [3.63, 3.8) is 0 Å². The fourth-order valence-electron chi connectivity index (χ4n) is 3.58. The molecule has 0 amide bonds. The molecular weight excluding hydrogens is 647 g/mol. The monoisotopic (exact) mass is 702 g/mol. The van der Waals surface area contributed by atoms with Crippen LogP contribution in [-0.4, -0.2) is 72.0 Å². The van der Waals surface area contributed by atoms with Gasteiger partial charge in [0.1, 0.15) is 0 Å². The second-order valence-electron chi connectivity index (χ2n) is 9.55. The Labute approximate surface area is 251 Å². The second kappa shape index (κ2) is 27.4. The molecule has 0 unspecified atom stereocenters. The molecule has 0 N–H and O–H groups in total. The molecule has 38 heavy (non-hydrogen) atoms. The van der Waals surface area contributed by atoms with Crippen molar-refractivity contribution in [2.24, 2.45) is 0 Å². The van der Waals surface area contributed by atoms with Gasteiger partial charge in [0.25, 0.3) is 0 Å². The summed E-state index contributed by atoms with van der Waals surface area (Å²) < 4.78 is 18.0. The summed E-state index contributed by atoms with van der Waals surface area (Å²) in [5.41, 5.74) is 0. The molecule has 0 radical (unpaired) electrons. The van der Waals surface area contributed by atoms with E-state index >= 15 is 0 Å². The Kier molecular flexibility index (Phi) is 27.6. The van der Waals surface area contributed by atoms with Gasteiger partial charge in [0.2, 0.25) is 0 Å². The summed E-state index contributed by atoms with van der Waals surface area (Å²) >= 11 is -0.192. The van der Waals surface area contributed by atoms with Gasteiger partial charge in [-0.25, -0.2) is 0 Å². The fraction of sp³-hybridized carbons (Fsp3) is 0.893. The second-order valence-corrected chi connectivity index (χ2v) is 19.9. The van der Waals surface area contributed by atoms with E-state index in [1.807, 2.05) is 6.92 Å². The van der Waals surface area contributed by atoms with Gasteiger partial charge in [-0.15, -0.1) is 0 Å². The normalized spacial score (nSPS) is 11.4. The van der Waals surface area contributed by atoms with E-state index in [2.05, 4.69) is 20.8 Å².